The highest BCUT2D eigenvalue weighted by atomic mass is 16.4. The topological polar surface area (TPSA) is 757 Å². The van der Waals surface area contributed by atoms with Crippen molar-refractivity contribution in [3.63, 3.8) is 0 Å². The average molecular weight is 1700 g/mol. The second kappa shape index (κ2) is 51.7. The van der Waals surface area contributed by atoms with Crippen LogP contribution in [-0.4, -0.2) is 236 Å². The molecule has 1 saturated heterocycles. The molecular weight excluding hydrogens is 1580 g/mol. The number of imidazole rings is 1. The van der Waals surface area contributed by atoms with Crippen LogP contribution in [0, 0.1) is 28.1 Å². The van der Waals surface area contributed by atoms with Crippen LogP contribution in [0.1, 0.15) is 154 Å². The van der Waals surface area contributed by atoms with Gasteiger partial charge in [0.15, 0.2) is 17.9 Å². The summed E-state index contributed by atoms with van der Waals surface area (Å²) >= 11 is 0. The molecule has 45 nitrogen and oxygen atoms in total. The van der Waals surface area contributed by atoms with Crippen molar-refractivity contribution >= 4 is 112 Å². The van der Waals surface area contributed by atoms with Crippen LogP contribution in [0.4, 0.5) is 0 Å². The van der Waals surface area contributed by atoms with Gasteiger partial charge in [0.05, 0.1) is 12.7 Å². The number of aromatic amines is 1. The van der Waals surface area contributed by atoms with Crippen molar-refractivity contribution in [3.8, 4) is 11.5 Å². The van der Waals surface area contributed by atoms with Gasteiger partial charge in [0.2, 0.25) is 88.6 Å². The number of amides is 15. The van der Waals surface area contributed by atoms with E-state index in [-0.39, 0.29) is 134 Å². The number of phenols is 2. The number of nitrogens with two attached hydrogens (primary N) is 5. The summed E-state index contributed by atoms with van der Waals surface area (Å²) in [5.74, 6) is -19.0. The van der Waals surface area contributed by atoms with E-state index in [0.717, 1.165) is 0 Å². The van der Waals surface area contributed by atoms with Gasteiger partial charge < -0.3 is 134 Å². The molecule has 33 N–H and O–H groups in total. The van der Waals surface area contributed by atoms with Crippen LogP contribution < -0.4 is 114 Å². The van der Waals surface area contributed by atoms with Gasteiger partial charge in [-0.3, -0.25) is 88.1 Å². The number of benzene rings is 2. The third kappa shape index (κ3) is 38.2. The maximum Gasteiger partial charge on any atom is 0.326 e. The minimum absolute atomic E-state index is 0.000819. The largest absolute Gasteiger partial charge is 0.508 e. The standard InChI is InChI=1S/C76H118N26O19/c1-6-40(4)61-72(119)96-48(63(110)92-49(14-10-30-88-75(81)82)64(111)94-51(24-26-58(77)106)66(113)93-50(15-11-31-89-76(83)84)65(112)101-57(73(120)121)34-43-18-22-46(105)23-19-43)12-7-8-28-86-60(108)27-25-52(67(114)100-56(36-59(78)107)70(117)97-53(32-39(2)3)71(118)102-61)95-68(115)54(33-42-16-20-45(104)21-17-42)98-69(116)55(35-44-37-85-38-90-44)99-62(109)47(91-41(5)103)13-9-29-87-74(79)80/h16-23,37-40,47-57,61,104-105H,6-15,24-36H2,1-5H3,(H2,77,106)(H2,78,107)(H,85,90)(H,86,108)(H,91,103)(H,92,110)(H,93,113)(H,94,111)(H,95,115)(H,96,119)(H,97,117)(H,98,116)(H,99,109)(H,100,114)(H,101,112)(H,102,118)(H,120,121)(H4,79,80,87)(H4,81,82,88)(H4,83,84,89)/t40-,47-,48-,49-,50-,51-,52-,53-,54-,55-,56-,57-,61-/m0/s1. The minimum Gasteiger partial charge on any atom is -0.508 e. The van der Waals surface area contributed by atoms with E-state index in [2.05, 4.69) is 95.0 Å². The zero-order valence-electron chi connectivity index (χ0n) is 68.3. The van der Waals surface area contributed by atoms with E-state index in [1.807, 2.05) is 0 Å². The summed E-state index contributed by atoms with van der Waals surface area (Å²) < 4.78 is 0. The lowest BCUT2D eigenvalue weighted by molar-refractivity contribution is -0.142. The van der Waals surface area contributed by atoms with Crippen LogP contribution in [0.25, 0.3) is 0 Å². The van der Waals surface area contributed by atoms with Crippen LogP contribution >= 0.6 is 0 Å². The van der Waals surface area contributed by atoms with Crippen molar-refractivity contribution in [2.45, 2.75) is 229 Å². The fourth-order valence-corrected chi connectivity index (χ4v) is 12.5. The number of carbonyl (C=O) groups excluding carboxylic acids is 15. The van der Waals surface area contributed by atoms with Gasteiger partial charge in [-0.1, -0.05) is 58.4 Å². The first-order valence-electron chi connectivity index (χ1n) is 39.7. The summed E-state index contributed by atoms with van der Waals surface area (Å²) in [6.45, 7) is 7.73. The van der Waals surface area contributed by atoms with Gasteiger partial charge in [-0.2, -0.15) is 0 Å². The van der Waals surface area contributed by atoms with E-state index < -0.39 is 223 Å². The number of nitrogens with one attached hydrogen (secondary N) is 20. The Labute approximate surface area is 698 Å². The van der Waals surface area contributed by atoms with Gasteiger partial charge in [-0.25, -0.2) is 9.78 Å². The molecule has 121 heavy (non-hydrogen) atoms. The Balaban J connectivity index is 1.78. The predicted molar refractivity (Wildman–Crippen MR) is 437 cm³/mol. The van der Waals surface area contributed by atoms with E-state index >= 15 is 9.59 Å². The molecule has 15 amide bonds. The molecule has 0 spiro atoms. The molecule has 1 aliphatic rings. The maximum absolute atomic E-state index is 15.0. The summed E-state index contributed by atoms with van der Waals surface area (Å²) in [7, 11) is 0. The van der Waals surface area contributed by atoms with Gasteiger partial charge in [0, 0.05) is 77.1 Å². The lowest BCUT2D eigenvalue weighted by atomic mass is 9.96. The van der Waals surface area contributed by atoms with Crippen molar-refractivity contribution in [1.29, 1.82) is 16.2 Å². The fourth-order valence-electron chi connectivity index (χ4n) is 12.5. The quantitative estimate of drug-likeness (QED) is 0.0142. The van der Waals surface area contributed by atoms with Gasteiger partial charge in [-0.15, -0.1) is 0 Å². The number of primary amides is 2. The molecule has 4 rings (SSSR count). The number of carboxylic acid groups (broad SMARTS) is 1. The smallest absolute Gasteiger partial charge is 0.326 e. The Kier molecular flexibility index (Phi) is 42.7. The van der Waals surface area contributed by atoms with Gasteiger partial charge in [-0.05, 0) is 124 Å². The number of aliphatic carboxylic acids is 1. The molecule has 0 aliphatic carbocycles. The molecule has 0 bridgehead atoms. The SMILES string of the molecule is CC[C@H](C)[C@@H]1NC(=O)[C@H](CC(C)C)NC(=O)[C@H](CC(N)=O)NC(=O)[C@@H](NC(=O)[C@H](Cc2ccc(O)cc2)NC(=O)[C@H](Cc2cnc[nH]2)NC(=O)[C@H](CCCNC(=N)N)NC(C)=O)CCC(=O)NCCCC[C@@H](C(=O)N[C@@H](CCCNC(=N)N)C(=O)N[C@@H](CCC(N)=O)C(=O)N[C@@H](CCCNC(=N)N)C(=O)N[C@@H](Cc2ccc(O)cc2)C(=O)O)NC1=O. The molecule has 2 heterocycles. The van der Waals surface area contributed by atoms with E-state index in [1.165, 1.54) is 68.0 Å². The molecule has 2 aromatic carbocycles. The predicted octanol–water partition coefficient (Wildman–Crippen LogP) is -6.13. The van der Waals surface area contributed by atoms with Gasteiger partial charge in [0.1, 0.15) is 84.0 Å². The van der Waals surface area contributed by atoms with Crippen molar-refractivity contribution in [1.82, 2.24) is 95.0 Å². The second-order valence-electron chi connectivity index (χ2n) is 29.7. The lowest BCUT2D eigenvalue weighted by Crippen LogP contribution is -2.62. The number of aromatic hydroxyl groups is 2. The Morgan fingerprint density at radius 1 is 0.529 bits per heavy atom. The summed E-state index contributed by atoms with van der Waals surface area (Å²) in [6.07, 6.45) is -1.86. The van der Waals surface area contributed by atoms with Gasteiger partial charge >= 0.3 is 5.97 Å². The molecule has 45 heteroatoms. The molecule has 0 radical (unpaired) electrons. The number of H-pyrrole nitrogens is 1. The first-order chi connectivity index (χ1) is 57.2. The molecule has 666 valence electrons. The fraction of sp³-hybridized carbons (Fsp3) is 0.553. The number of carbonyl (C=O) groups is 16. The normalized spacial score (nSPS) is 18.2. The number of rotatable bonds is 43. The molecule has 0 unspecified atom stereocenters. The number of guanidine groups is 3. The van der Waals surface area contributed by atoms with Crippen molar-refractivity contribution < 1.29 is 92.0 Å². The van der Waals surface area contributed by atoms with Crippen LogP contribution in [0.15, 0.2) is 61.1 Å². The lowest BCUT2D eigenvalue weighted by Gasteiger charge is -2.30. The Morgan fingerprint density at radius 3 is 1.46 bits per heavy atom. The van der Waals surface area contributed by atoms with Crippen molar-refractivity contribution in [2.24, 2.45) is 40.5 Å². The molecule has 13 atom stereocenters. The van der Waals surface area contributed by atoms with Crippen LogP contribution in [0.5, 0.6) is 11.5 Å². The highest BCUT2D eigenvalue weighted by molar-refractivity contribution is 6.01. The minimum atomic E-state index is -1.92. The summed E-state index contributed by atoms with van der Waals surface area (Å²) in [6, 6.07) is -8.48. The third-order valence-electron chi connectivity index (χ3n) is 19.2. The first-order valence-corrected chi connectivity index (χ1v) is 39.7. The van der Waals surface area contributed by atoms with E-state index in [9.17, 15) is 82.4 Å². The zero-order valence-corrected chi connectivity index (χ0v) is 68.3. The third-order valence-corrected chi connectivity index (χ3v) is 19.2. The summed E-state index contributed by atoms with van der Waals surface area (Å²) in [4.78, 5) is 232. The Bertz CT molecular complexity index is 4060. The van der Waals surface area contributed by atoms with Crippen LogP contribution in [-0.2, 0) is 96.0 Å². The molecule has 0 saturated carbocycles. The molecule has 1 fully saturated rings. The molecular formula is C76H118N26O19. The van der Waals surface area contributed by atoms with Crippen LogP contribution in [0.2, 0.25) is 0 Å². The number of hydrogen-bond donors (Lipinski definition) is 28. The average Bonchev–Trinajstić information content (AvgIpc) is 1.44. The number of nitrogens with zero attached hydrogens (tertiary/aromatic N) is 1. The summed E-state index contributed by atoms with van der Waals surface area (Å²) in [5.41, 5.74) is 28.7. The van der Waals surface area contributed by atoms with Gasteiger partial charge in [0.25, 0.3) is 0 Å². The van der Waals surface area contributed by atoms with Crippen molar-refractivity contribution in [3.05, 3.63) is 77.9 Å². The number of phenolic OH excluding ortho intramolecular Hbond substituents is 2. The molecule has 1 aliphatic heterocycles. The molecule has 3 aromatic rings. The highest BCUT2D eigenvalue weighted by Gasteiger charge is 2.39. The maximum atomic E-state index is 15.0. The Hall–Kier alpha value is -13.4. The monoisotopic (exact) mass is 1700 g/mol. The van der Waals surface area contributed by atoms with E-state index in [4.69, 9.17) is 44.9 Å². The second-order valence-corrected chi connectivity index (χ2v) is 29.7. The van der Waals surface area contributed by atoms with Crippen molar-refractivity contribution in [2.75, 3.05) is 26.2 Å². The first kappa shape index (κ1) is 99.9. The van der Waals surface area contributed by atoms with Crippen LogP contribution in [0.3, 0.4) is 0 Å². The summed E-state index contributed by atoms with van der Waals surface area (Å²) in [5, 5.41) is 94.2. The van der Waals surface area contributed by atoms with E-state index in [1.54, 1.807) is 27.7 Å². The zero-order chi connectivity index (χ0) is 90.0. The molecule has 1 aromatic heterocycles. The number of carboxylic acids is 1. The number of aromatic nitrogens is 2. The van der Waals surface area contributed by atoms with E-state index in [0.29, 0.717) is 16.8 Å². The highest BCUT2D eigenvalue weighted by Crippen LogP contribution is 2.18. The number of hydrogen-bond acceptors (Lipinski definition) is 22. The Morgan fingerprint density at radius 2 is 0.992 bits per heavy atom.